The number of aliphatic hydroxyl groups excluding tert-OH is 1. The van der Waals surface area contributed by atoms with Crippen molar-refractivity contribution in [1.82, 2.24) is 10.2 Å². The van der Waals surface area contributed by atoms with Gasteiger partial charge in [-0.25, -0.2) is 0 Å². The summed E-state index contributed by atoms with van der Waals surface area (Å²) >= 11 is 0. The maximum absolute atomic E-state index is 9.12. The first kappa shape index (κ1) is 15.3. The lowest BCUT2D eigenvalue weighted by Crippen LogP contribution is -2.46. The minimum atomic E-state index is 0.351. The summed E-state index contributed by atoms with van der Waals surface area (Å²) in [5.74, 6) is 0.810. The van der Waals surface area contributed by atoms with E-state index in [-0.39, 0.29) is 0 Å². The van der Waals surface area contributed by atoms with Crippen LogP contribution < -0.4 is 5.32 Å². The van der Waals surface area contributed by atoms with E-state index in [1.54, 1.807) is 0 Å². The van der Waals surface area contributed by atoms with Crippen molar-refractivity contribution in [2.24, 2.45) is 11.3 Å². The molecule has 0 aromatic carbocycles. The van der Waals surface area contributed by atoms with E-state index >= 15 is 0 Å². The number of aliphatic hydroxyl groups is 1. The van der Waals surface area contributed by atoms with Gasteiger partial charge in [-0.3, -0.25) is 0 Å². The summed E-state index contributed by atoms with van der Waals surface area (Å²) in [5.41, 5.74) is 0.445. The first-order valence-corrected chi connectivity index (χ1v) is 8.26. The molecule has 19 heavy (non-hydrogen) atoms. The quantitative estimate of drug-likeness (QED) is 0.709. The molecule has 2 N–H and O–H groups in total. The summed E-state index contributed by atoms with van der Waals surface area (Å²) in [6.07, 6.45) is 7.60. The molecule has 1 aliphatic carbocycles. The Morgan fingerprint density at radius 2 is 2.21 bits per heavy atom. The van der Waals surface area contributed by atoms with E-state index in [9.17, 15) is 0 Å². The molecule has 3 nitrogen and oxygen atoms in total. The van der Waals surface area contributed by atoms with Crippen LogP contribution in [0.15, 0.2) is 0 Å². The summed E-state index contributed by atoms with van der Waals surface area (Å²) in [6.45, 7) is 9.92. The highest BCUT2D eigenvalue weighted by Gasteiger charge is 2.41. The van der Waals surface area contributed by atoms with Crippen LogP contribution in [0.4, 0.5) is 0 Å². The van der Waals surface area contributed by atoms with Crippen LogP contribution in [0.1, 0.15) is 52.4 Å². The molecule has 2 unspecified atom stereocenters. The van der Waals surface area contributed by atoms with Gasteiger partial charge in [-0.2, -0.15) is 0 Å². The third-order valence-corrected chi connectivity index (χ3v) is 5.19. The van der Waals surface area contributed by atoms with E-state index in [1.807, 2.05) is 0 Å². The van der Waals surface area contributed by atoms with E-state index < -0.39 is 0 Å². The fraction of sp³-hybridized carbons (Fsp3) is 1.00. The average Bonchev–Trinajstić information content (AvgIpc) is 3.17. The molecule has 0 bridgehead atoms. The molecular weight excluding hydrogens is 236 g/mol. The number of nitrogens with zero attached hydrogens (tertiary/aromatic N) is 1. The molecule has 2 atom stereocenters. The van der Waals surface area contributed by atoms with Crippen LogP contribution in [0, 0.1) is 11.3 Å². The minimum Gasteiger partial charge on any atom is -0.396 e. The van der Waals surface area contributed by atoms with Gasteiger partial charge in [0.1, 0.15) is 0 Å². The Morgan fingerprint density at radius 3 is 2.84 bits per heavy atom. The molecule has 0 spiro atoms. The lowest BCUT2D eigenvalue weighted by molar-refractivity contribution is 0.147. The molecule has 2 rings (SSSR count). The highest BCUT2D eigenvalue weighted by atomic mass is 16.3. The molecule has 0 aromatic heterocycles. The highest BCUT2D eigenvalue weighted by molar-refractivity contribution is 4.95. The van der Waals surface area contributed by atoms with Crippen molar-refractivity contribution in [3.8, 4) is 0 Å². The van der Waals surface area contributed by atoms with E-state index in [2.05, 4.69) is 24.1 Å². The summed E-state index contributed by atoms with van der Waals surface area (Å²) in [7, 11) is 0. The molecule has 2 aliphatic rings. The zero-order valence-electron chi connectivity index (χ0n) is 12.8. The Hall–Kier alpha value is -0.120. The Bertz CT molecular complexity index is 263. The van der Waals surface area contributed by atoms with E-state index in [0.29, 0.717) is 18.1 Å². The van der Waals surface area contributed by atoms with Crippen LogP contribution in [0.2, 0.25) is 0 Å². The molecule has 1 aliphatic heterocycles. The summed E-state index contributed by atoms with van der Waals surface area (Å²) in [4.78, 5) is 2.63. The second kappa shape index (κ2) is 7.05. The van der Waals surface area contributed by atoms with Gasteiger partial charge in [0.15, 0.2) is 0 Å². The Morgan fingerprint density at radius 1 is 1.42 bits per heavy atom. The van der Waals surface area contributed by atoms with Crippen LogP contribution in [0.5, 0.6) is 0 Å². The van der Waals surface area contributed by atoms with E-state index in [0.717, 1.165) is 18.9 Å². The summed E-state index contributed by atoms with van der Waals surface area (Å²) in [6, 6.07) is 0.621. The van der Waals surface area contributed by atoms with Crippen LogP contribution in [-0.4, -0.2) is 48.8 Å². The van der Waals surface area contributed by atoms with Crippen molar-refractivity contribution in [1.29, 1.82) is 0 Å². The molecule has 1 heterocycles. The standard InChI is InChI=1S/C16H32N2O/c1-3-9-18-10-4-5-15(12-18)14(2)17-13-16(6-7-16)8-11-19/h14-15,17,19H,3-13H2,1-2H3. The molecule has 3 heteroatoms. The molecule has 0 amide bonds. The number of hydrogen-bond donors (Lipinski definition) is 2. The lowest BCUT2D eigenvalue weighted by atomic mass is 9.90. The molecule has 1 saturated carbocycles. The maximum Gasteiger partial charge on any atom is 0.0436 e. The monoisotopic (exact) mass is 268 g/mol. The summed E-state index contributed by atoms with van der Waals surface area (Å²) < 4.78 is 0. The van der Waals surface area contributed by atoms with Gasteiger partial charge in [-0.05, 0) is 69.9 Å². The number of rotatable bonds is 8. The van der Waals surface area contributed by atoms with Gasteiger partial charge in [-0.15, -0.1) is 0 Å². The third-order valence-electron chi connectivity index (χ3n) is 5.19. The fourth-order valence-corrected chi connectivity index (χ4v) is 3.49. The van der Waals surface area contributed by atoms with Crippen LogP contribution in [0.25, 0.3) is 0 Å². The maximum atomic E-state index is 9.12. The second-order valence-electron chi connectivity index (χ2n) is 6.85. The van der Waals surface area contributed by atoms with Gasteiger partial charge in [0, 0.05) is 25.7 Å². The molecule has 0 aromatic rings. The van der Waals surface area contributed by atoms with Crippen molar-refractivity contribution < 1.29 is 5.11 Å². The van der Waals surface area contributed by atoms with E-state index in [4.69, 9.17) is 5.11 Å². The van der Waals surface area contributed by atoms with Crippen LogP contribution in [0.3, 0.4) is 0 Å². The van der Waals surface area contributed by atoms with Crippen LogP contribution >= 0.6 is 0 Å². The SMILES string of the molecule is CCCN1CCCC(C(C)NCC2(CCO)CC2)C1. The van der Waals surface area contributed by atoms with Crippen molar-refractivity contribution >= 4 is 0 Å². The average molecular weight is 268 g/mol. The number of hydrogen-bond acceptors (Lipinski definition) is 3. The van der Waals surface area contributed by atoms with Gasteiger partial charge in [-0.1, -0.05) is 6.92 Å². The van der Waals surface area contributed by atoms with Gasteiger partial charge < -0.3 is 15.3 Å². The Labute approximate surface area is 118 Å². The first-order chi connectivity index (χ1) is 9.19. The second-order valence-corrected chi connectivity index (χ2v) is 6.85. The van der Waals surface area contributed by atoms with Gasteiger partial charge in [0.2, 0.25) is 0 Å². The first-order valence-electron chi connectivity index (χ1n) is 8.26. The number of likely N-dealkylation sites (tertiary alicyclic amines) is 1. The lowest BCUT2D eigenvalue weighted by Gasteiger charge is -2.36. The molecule has 1 saturated heterocycles. The van der Waals surface area contributed by atoms with Gasteiger partial charge in [0.05, 0.1) is 0 Å². The fourth-order valence-electron chi connectivity index (χ4n) is 3.49. The third kappa shape index (κ3) is 4.44. The summed E-state index contributed by atoms with van der Waals surface area (Å²) in [5, 5.41) is 12.9. The zero-order chi connectivity index (χ0) is 13.7. The van der Waals surface area contributed by atoms with Crippen molar-refractivity contribution in [2.45, 2.75) is 58.4 Å². The van der Waals surface area contributed by atoms with Crippen molar-refractivity contribution in [2.75, 3.05) is 32.8 Å². The van der Waals surface area contributed by atoms with Gasteiger partial charge in [0.25, 0.3) is 0 Å². The normalized spacial score (nSPS) is 28.3. The number of nitrogens with one attached hydrogen (secondary N) is 1. The zero-order valence-corrected chi connectivity index (χ0v) is 12.8. The topological polar surface area (TPSA) is 35.5 Å². The van der Waals surface area contributed by atoms with Crippen molar-refractivity contribution in [3.63, 3.8) is 0 Å². The van der Waals surface area contributed by atoms with E-state index in [1.165, 1.54) is 51.7 Å². The predicted octanol–water partition coefficient (Wildman–Crippen LogP) is 2.25. The molecule has 2 fully saturated rings. The molecule has 0 radical (unpaired) electrons. The predicted molar refractivity (Wildman–Crippen MR) is 80.3 cm³/mol. The minimum absolute atomic E-state index is 0.351. The number of piperidine rings is 1. The van der Waals surface area contributed by atoms with Crippen LogP contribution in [-0.2, 0) is 0 Å². The molecule has 112 valence electrons. The van der Waals surface area contributed by atoms with Crippen molar-refractivity contribution in [3.05, 3.63) is 0 Å². The molecular formula is C16H32N2O. The Kier molecular flexibility index (Phi) is 5.67. The Balaban J connectivity index is 1.71. The largest absolute Gasteiger partial charge is 0.396 e. The highest BCUT2D eigenvalue weighted by Crippen LogP contribution is 2.48. The smallest absolute Gasteiger partial charge is 0.0436 e. The van der Waals surface area contributed by atoms with Gasteiger partial charge >= 0.3 is 0 Å².